The molecule has 0 saturated heterocycles. The first kappa shape index (κ1) is 11.1. The summed E-state index contributed by atoms with van der Waals surface area (Å²) in [6, 6.07) is 0. The van der Waals surface area contributed by atoms with E-state index in [0.717, 1.165) is 17.8 Å². The fourth-order valence-electron chi connectivity index (χ4n) is 2.42. The fraction of sp³-hybridized carbons (Fsp3) is 1.00. The molecule has 2 unspecified atom stereocenters. The molecule has 1 aliphatic carbocycles. The van der Waals surface area contributed by atoms with Gasteiger partial charge in [0.25, 0.3) is 0 Å². The highest BCUT2D eigenvalue weighted by Gasteiger charge is 2.43. The topological polar surface area (TPSA) is 0 Å². The molecule has 1 aliphatic rings. The highest BCUT2D eigenvalue weighted by atomic mass is 14.5. The summed E-state index contributed by atoms with van der Waals surface area (Å²) in [7, 11) is 0. The average Bonchev–Trinajstić information content (AvgIpc) is 2.64. The Morgan fingerprint density at radius 3 is 2.23 bits per heavy atom. The third kappa shape index (κ3) is 3.70. The van der Waals surface area contributed by atoms with Crippen LogP contribution in [0.15, 0.2) is 0 Å². The molecule has 0 bridgehead atoms. The minimum Gasteiger partial charge on any atom is -0.0628 e. The van der Waals surface area contributed by atoms with Gasteiger partial charge in [-0.2, -0.15) is 0 Å². The second kappa shape index (κ2) is 4.02. The average molecular weight is 182 g/mol. The Bertz CT molecular complexity index is 150. The van der Waals surface area contributed by atoms with E-state index in [0.29, 0.717) is 5.41 Å². The quantitative estimate of drug-likeness (QED) is 0.600. The van der Waals surface area contributed by atoms with Gasteiger partial charge in [-0.3, -0.25) is 0 Å². The number of rotatable bonds is 4. The molecule has 0 aromatic heterocycles. The molecule has 0 radical (unpaired) electrons. The Kier molecular flexibility index (Phi) is 3.43. The lowest BCUT2D eigenvalue weighted by Crippen LogP contribution is -2.09. The van der Waals surface area contributed by atoms with Crippen molar-refractivity contribution in [3.8, 4) is 0 Å². The number of hydrogen-bond acceptors (Lipinski definition) is 0. The van der Waals surface area contributed by atoms with Crippen molar-refractivity contribution in [2.45, 2.75) is 60.3 Å². The highest BCUT2D eigenvalue weighted by Crippen LogP contribution is 2.52. The van der Waals surface area contributed by atoms with Crippen molar-refractivity contribution in [1.29, 1.82) is 0 Å². The van der Waals surface area contributed by atoms with Crippen LogP contribution in [-0.2, 0) is 0 Å². The monoisotopic (exact) mass is 182 g/mol. The minimum absolute atomic E-state index is 0.572. The molecule has 0 aromatic rings. The van der Waals surface area contributed by atoms with Crippen molar-refractivity contribution in [3.63, 3.8) is 0 Å². The zero-order valence-corrected chi connectivity index (χ0v) is 10.1. The van der Waals surface area contributed by atoms with Crippen molar-refractivity contribution < 1.29 is 0 Å². The van der Waals surface area contributed by atoms with E-state index >= 15 is 0 Å². The summed E-state index contributed by atoms with van der Waals surface area (Å²) < 4.78 is 0. The minimum atomic E-state index is 0.572. The van der Waals surface area contributed by atoms with Crippen LogP contribution in [0.4, 0.5) is 0 Å². The lowest BCUT2D eigenvalue weighted by molar-refractivity contribution is 0.322. The van der Waals surface area contributed by atoms with Gasteiger partial charge in [0.1, 0.15) is 0 Å². The van der Waals surface area contributed by atoms with Crippen LogP contribution < -0.4 is 0 Å². The van der Waals surface area contributed by atoms with E-state index in [1.807, 2.05) is 0 Å². The summed E-state index contributed by atoms with van der Waals surface area (Å²) in [5, 5.41) is 0. The molecule has 1 fully saturated rings. The van der Waals surface area contributed by atoms with Crippen LogP contribution in [0.25, 0.3) is 0 Å². The van der Waals surface area contributed by atoms with Gasteiger partial charge >= 0.3 is 0 Å². The van der Waals surface area contributed by atoms with Gasteiger partial charge in [0, 0.05) is 0 Å². The standard InChI is InChI=1S/C13H26/c1-10(2)7-6-8-11-9-12(11)13(3,4)5/h10-12H,6-9H2,1-5H3. The lowest BCUT2D eigenvalue weighted by Gasteiger charge is -2.18. The van der Waals surface area contributed by atoms with Crippen LogP contribution in [0.5, 0.6) is 0 Å². The first-order chi connectivity index (χ1) is 5.91. The first-order valence-corrected chi connectivity index (χ1v) is 5.91. The molecule has 0 amide bonds. The summed E-state index contributed by atoms with van der Waals surface area (Å²) in [6.45, 7) is 11.8. The predicted octanol–water partition coefficient (Wildman–Crippen LogP) is 4.49. The third-order valence-electron chi connectivity index (χ3n) is 3.39. The van der Waals surface area contributed by atoms with Crippen molar-refractivity contribution >= 4 is 0 Å². The van der Waals surface area contributed by atoms with Crippen molar-refractivity contribution in [1.82, 2.24) is 0 Å². The second-order valence-electron chi connectivity index (χ2n) is 6.29. The van der Waals surface area contributed by atoms with Crippen molar-refractivity contribution in [2.75, 3.05) is 0 Å². The summed E-state index contributed by atoms with van der Waals surface area (Å²) in [5.74, 6) is 2.99. The molecule has 78 valence electrons. The van der Waals surface area contributed by atoms with E-state index in [2.05, 4.69) is 34.6 Å². The van der Waals surface area contributed by atoms with Crippen LogP contribution in [0, 0.1) is 23.2 Å². The van der Waals surface area contributed by atoms with Crippen LogP contribution in [0.3, 0.4) is 0 Å². The maximum Gasteiger partial charge on any atom is -0.0334 e. The van der Waals surface area contributed by atoms with Gasteiger partial charge < -0.3 is 0 Å². The highest BCUT2D eigenvalue weighted by molar-refractivity contribution is 4.93. The van der Waals surface area contributed by atoms with E-state index in [9.17, 15) is 0 Å². The van der Waals surface area contributed by atoms with Crippen LogP contribution in [-0.4, -0.2) is 0 Å². The molecule has 1 saturated carbocycles. The van der Waals surface area contributed by atoms with Gasteiger partial charge in [-0.1, -0.05) is 53.9 Å². The van der Waals surface area contributed by atoms with Crippen LogP contribution in [0.2, 0.25) is 0 Å². The van der Waals surface area contributed by atoms with E-state index in [1.165, 1.54) is 25.7 Å². The van der Waals surface area contributed by atoms with E-state index in [-0.39, 0.29) is 0 Å². The Hall–Kier alpha value is 0. The Morgan fingerprint density at radius 1 is 1.23 bits per heavy atom. The molecule has 0 aliphatic heterocycles. The van der Waals surface area contributed by atoms with E-state index < -0.39 is 0 Å². The van der Waals surface area contributed by atoms with E-state index in [1.54, 1.807) is 0 Å². The first-order valence-electron chi connectivity index (χ1n) is 5.91. The molecule has 0 heteroatoms. The van der Waals surface area contributed by atoms with Crippen LogP contribution >= 0.6 is 0 Å². The second-order valence-corrected chi connectivity index (χ2v) is 6.29. The Labute approximate surface area is 84.1 Å². The van der Waals surface area contributed by atoms with Gasteiger partial charge in [0.15, 0.2) is 0 Å². The Balaban J connectivity index is 2.08. The van der Waals surface area contributed by atoms with Crippen molar-refractivity contribution in [3.05, 3.63) is 0 Å². The predicted molar refractivity (Wildman–Crippen MR) is 59.7 cm³/mol. The summed E-state index contributed by atoms with van der Waals surface area (Å²) >= 11 is 0. The third-order valence-corrected chi connectivity index (χ3v) is 3.39. The zero-order chi connectivity index (χ0) is 10.1. The molecule has 13 heavy (non-hydrogen) atoms. The Morgan fingerprint density at radius 2 is 1.85 bits per heavy atom. The van der Waals surface area contributed by atoms with E-state index in [4.69, 9.17) is 0 Å². The van der Waals surface area contributed by atoms with Gasteiger partial charge in [0.05, 0.1) is 0 Å². The molecular weight excluding hydrogens is 156 g/mol. The maximum atomic E-state index is 2.39. The molecule has 0 aromatic carbocycles. The molecule has 0 N–H and O–H groups in total. The summed E-state index contributed by atoms with van der Waals surface area (Å²) in [6.07, 6.45) is 5.87. The smallest absolute Gasteiger partial charge is 0.0334 e. The van der Waals surface area contributed by atoms with Gasteiger partial charge in [-0.05, 0) is 29.6 Å². The van der Waals surface area contributed by atoms with Gasteiger partial charge in [0.2, 0.25) is 0 Å². The molecule has 1 rings (SSSR count). The zero-order valence-electron chi connectivity index (χ0n) is 10.1. The molecule has 0 spiro atoms. The van der Waals surface area contributed by atoms with Gasteiger partial charge in [-0.15, -0.1) is 0 Å². The SMILES string of the molecule is CC(C)CCCC1CC1C(C)(C)C. The molecular formula is C13H26. The molecule has 0 nitrogen and oxygen atoms in total. The summed E-state index contributed by atoms with van der Waals surface area (Å²) in [5.41, 5.74) is 0.572. The largest absolute Gasteiger partial charge is 0.0628 e. The molecule has 2 atom stereocenters. The molecule has 0 heterocycles. The summed E-state index contributed by atoms with van der Waals surface area (Å²) in [4.78, 5) is 0. The van der Waals surface area contributed by atoms with Crippen LogP contribution in [0.1, 0.15) is 60.3 Å². The lowest BCUT2D eigenvalue weighted by atomic mass is 9.88. The van der Waals surface area contributed by atoms with Gasteiger partial charge in [-0.25, -0.2) is 0 Å². The normalized spacial score (nSPS) is 28.2. The fourth-order valence-corrected chi connectivity index (χ4v) is 2.42. The maximum absolute atomic E-state index is 2.39. The number of hydrogen-bond donors (Lipinski definition) is 0. The van der Waals surface area contributed by atoms with Crippen molar-refractivity contribution in [2.24, 2.45) is 23.2 Å².